The van der Waals surface area contributed by atoms with E-state index in [9.17, 15) is 14.4 Å². The molecule has 1 aliphatic carbocycles. The maximum atomic E-state index is 13.5. The van der Waals surface area contributed by atoms with Gasteiger partial charge in [0.25, 0.3) is 5.91 Å². The zero-order valence-electron chi connectivity index (χ0n) is 19.9. The van der Waals surface area contributed by atoms with Gasteiger partial charge in [-0.1, -0.05) is 54.6 Å². The average Bonchev–Trinajstić information content (AvgIpc) is 3.29. The molecule has 1 aromatic rings. The largest absolute Gasteiger partial charge is 0.353 e. The first kappa shape index (κ1) is 24.2. The number of carbonyl (C=O) groups is 3. The Labute approximate surface area is 200 Å². The van der Waals surface area contributed by atoms with Gasteiger partial charge in [-0.2, -0.15) is 0 Å². The molecule has 3 N–H and O–H groups in total. The Hall–Kier alpha value is -2.97. The van der Waals surface area contributed by atoms with Gasteiger partial charge in [0.05, 0.1) is 18.2 Å². The SMILES string of the molecule is CN[C@@H](C)C(=O)NC1C(=O)N2C(C(=O)NC(c3ccccc3)C3C=CC=CC3)CC[C@@H]2O[C@@H]1C. The van der Waals surface area contributed by atoms with Crippen molar-refractivity contribution in [2.24, 2.45) is 5.92 Å². The molecule has 2 saturated heterocycles. The standard InChI is InChI=1S/C26H34N4O4/c1-16(27-3)24(31)28-22-17(2)34-21-15-14-20(30(21)26(22)33)25(32)29-23(18-10-6-4-7-11-18)19-12-8-5-9-13-19/h4-12,16-17,19-23,27H,13-15H2,1-3H3,(H,28,31)(H,29,32)/t16-,17+,19?,20?,21-,22?,23?/m0/s1. The highest BCUT2D eigenvalue weighted by atomic mass is 16.5. The minimum Gasteiger partial charge on any atom is -0.353 e. The van der Waals surface area contributed by atoms with E-state index in [-0.39, 0.29) is 29.7 Å². The van der Waals surface area contributed by atoms with E-state index in [4.69, 9.17) is 4.74 Å². The molecule has 7 atom stereocenters. The third-order valence-corrected chi connectivity index (χ3v) is 7.02. The number of fused-ring (bicyclic) bond motifs is 1. The maximum Gasteiger partial charge on any atom is 0.250 e. The predicted octanol–water partition coefficient (Wildman–Crippen LogP) is 1.80. The van der Waals surface area contributed by atoms with E-state index in [1.54, 1.807) is 20.9 Å². The van der Waals surface area contributed by atoms with Crippen molar-refractivity contribution in [3.05, 3.63) is 60.2 Å². The summed E-state index contributed by atoms with van der Waals surface area (Å²) in [7, 11) is 1.68. The molecule has 0 spiro atoms. The van der Waals surface area contributed by atoms with Crippen LogP contribution in [0.1, 0.15) is 44.7 Å². The van der Waals surface area contributed by atoms with E-state index in [0.717, 1.165) is 12.0 Å². The van der Waals surface area contributed by atoms with Gasteiger partial charge in [-0.05, 0) is 45.7 Å². The van der Waals surface area contributed by atoms with Gasteiger partial charge in [-0.25, -0.2) is 0 Å². The lowest BCUT2D eigenvalue weighted by atomic mass is 9.87. The molecule has 2 aliphatic heterocycles. The fourth-order valence-electron chi connectivity index (χ4n) is 4.94. The van der Waals surface area contributed by atoms with Crippen LogP contribution in [-0.2, 0) is 19.1 Å². The van der Waals surface area contributed by atoms with Crippen LogP contribution in [0.25, 0.3) is 0 Å². The summed E-state index contributed by atoms with van der Waals surface area (Å²) in [5, 5.41) is 8.89. The minimum absolute atomic E-state index is 0.122. The topological polar surface area (TPSA) is 99.8 Å². The molecule has 3 aliphatic rings. The van der Waals surface area contributed by atoms with Crippen LogP contribution >= 0.6 is 0 Å². The first-order valence-electron chi connectivity index (χ1n) is 12.0. The number of hydrogen-bond acceptors (Lipinski definition) is 5. The van der Waals surface area contributed by atoms with Gasteiger partial charge in [-0.15, -0.1) is 0 Å². The van der Waals surface area contributed by atoms with E-state index in [2.05, 4.69) is 28.1 Å². The van der Waals surface area contributed by atoms with E-state index >= 15 is 0 Å². The number of nitrogens with one attached hydrogen (secondary N) is 3. The number of likely N-dealkylation sites (N-methyl/N-ethyl adjacent to an activating group) is 1. The third kappa shape index (κ3) is 4.93. The van der Waals surface area contributed by atoms with Crippen LogP contribution in [0.15, 0.2) is 54.6 Å². The molecule has 0 radical (unpaired) electrons. The zero-order valence-corrected chi connectivity index (χ0v) is 19.9. The normalized spacial score (nSPS) is 29.9. The molecule has 182 valence electrons. The van der Waals surface area contributed by atoms with Crippen LogP contribution in [0, 0.1) is 5.92 Å². The highest BCUT2D eigenvalue weighted by Gasteiger charge is 2.50. The maximum absolute atomic E-state index is 13.5. The number of carbonyl (C=O) groups excluding carboxylic acids is 3. The van der Waals surface area contributed by atoms with Crippen LogP contribution in [0.2, 0.25) is 0 Å². The summed E-state index contributed by atoms with van der Waals surface area (Å²) >= 11 is 0. The lowest BCUT2D eigenvalue weighted by Gasteiger charge is -2.41. The molecule has 34 heavy (non-hydrogen) atoms. The van der Waals surface area contributed by atoms with Gasteiger partial charge >= 0.3 is 0 Å². The van der Waals surface area contributed by atoms with Crippen LogP contribution < -0.4 is 16.0 Å². The number of amides is 3. The number of benzene rings is 1. The van der Waals surface area contributed by atoms with E-state index in [0.29, 0.717) is 12.8 Å². The summed E-state index contributed by atoms with van der Waals surface area (Å²) in [4.78, 5) is 40.9. The Morgan fingerprint density at radius 3 is 2.59 bits per heavy atom. The Bertz CT molecular complexity index is 963. The van der Waals surface area contributed by atoms with Crippen molar-refractivity contribution in [1.82, 2.24) is 20.9 Å². The molecule has 4 rings (SSSR count). The summed E-state index contributed by atoms with van der Waals surface area (Å²) in [6.45, 7) is 3.51. The van der Waals surface area contributed by atoms with Crippen LogP contribution in [0.5, 0.6) is 0 Å². The molecule has 8 heteroatoms. The van der Waals surface area contributed by atoms with Crippen molar-refractivity contribution in [3.63, 3.8) is 0 Å². The second-order valence-electron chi connectivity index (χ2n) is 9.24. The fourth-order valence-corrected chi connectivity index (χ4v) is 4.94. The Morgan fingerprint density at radius 2 is 1.91 bits per heavy atom. The van der Waals surface area contributed by atoms with Crippen molar-refractivity contribution in [1.29, 1.82) is 0 Å². The summed E-state index contributed by atoms with van der Waals surface area (Å²) < 4.78 is 6.06. The van der Waals surface area contributed by atoms with Gasteiger partial charge in [0, 0.05) is 5.92 Å². The van der Waals surface area contributed by atoms with Crippen LogP contribution in [-0.4, -0.2) is 60.1 Å². The van der Waals surface area contributed by atoms with Crippen LogP contribution in [0.3, 0.4) is 0 Å². The second-order valence-corrected chi connectivity index (χ2v) is 9.24. The number of hydrogen-bond donors (Lipinski definition) is 3. The van der Waals surface area contributed by atoms with Gasteiger partial charge in [0.15, 0.2) is 0 Å². The minimum atomic E-state index is -0.829. The molecule has 2 heterocycles. The van der Waals surface area contributed by atoms with Gasteiger partial charge in [0.1, 0.15) is 18.3 Å². The predicted molar refractivity (Wildman–Crippen MR) is 128 cm³/mol. The van der Waals surface area contributed by atoms with E-state index < -0.39 is 30.5 Å². The summed E-state index contributed by atoms with van der Waals surface area (Å²) in [5.41, 5.74) is 1.02. The number of allylic oxidation sites excluding steroid dienone is 3. The molecule has 0 aromatic heterocycles. The number of rotatable bonds is 7. The van der Waals surface area contributed by atoms with Crippen molar-refractivity contribution >= 4 is 17.7 Å². The van der Waals surface area contributed by atoms with Crippen LogP contribution in [0.4, 0.5) is 0 Å². The number of nitrogens with zero attached hydrogens (tertiary/aromatic N) is 1. The highest BCUT2D eigenvalue weighted by molar-refractivity contribution is 5.94. The van der Waals surface area contributed by atoms with Crippen molar-refractivity contribution in [2.45, 2.75) is 69.6 Å². The quantitative estimate of drug-likeness (QED) is 0.569. The molecule has 4 unspecified atom stereocenters. The Balaban J connectivity index is 1.51. The molecule has 8 nitrogen and oxygen atoms in total. The van der Waals surface area contributed by atoms with E-state index in [1.165, 1.54) is 4.90 Å². The lowest BCUT2D eigenvalue weighted by molar-refractivity contribution is -0.179. The number of ether oxygens (including phenoxy) is 1. The van der Waals surface area contributed by atoms with Gasteiger partial charge < -0.3 is 25.6 Å². The first-order chi connectivity index (χ1) is 16.4. The highest BCUT2D eigenvalue weighted by Crippen LogP contribution is 2.34. The van der Waals surface area contributed by atoms with Gasteiger partial charge in [-0.3, -0.25) is 14.4 Å². The molecule has 1 aromatic carbocycles. The zero-order chi connectivity index (χ0) is 24.2. The summed E-state index contributed by atoms with van der Waals surface area (Å²) in [5.74, 6) is -0.623. The molecule has 3 amide bonds. The lowest BCUT2D eigenvalue weighted by Crippen LogP contribution is -2.65. The summed E-state index contributed by atoms with van der Waals surface area (Å²) in [6.07, 6.45) is 9.22. The Kier molecular flexibility index (Phi) is 7.48. The fraction of sp³-hybridized carbons (Fsp3) is 0.500. The smallest absolute Gasteiger partial charge is 0.250 e. The van der Waals surface area contributed by atoms with Gasteiger partial charge in [0.2, 0.25) is 11.8 Å². The second kappa shape index (κ2) is 10.5. The average molecular weight is 467 g/mol. The Morgan fingerprint density at radius 1 is 1.15 bits per heavy atom. The van der Waals surface area contributed by atoms with E-state index in [1.807, 2.05) is 42.5 Å². The van der Waals surface area contributed by atoms with Crippen molar-refractivity contribution in [2.75, 3.05) is 7.05 Å². The molecule has 2 fully saturated rings. The monoisotopic (exact) mass is 466 g/mol. The molecule has 0 bridgehead atoms. The molecular formula is C26H34N4O4. The third-order valence-electron chi connectivity index (χ3n) is 7.02. The first-order valence-corrected chi connectivity index (χ1v) is 12.0. The molecule has 0 saturated carbocycles. The molecular weight excluding hydrogens is 432 g/mol. The van der Waals surface area contributed by atoms with Crippen molar-refractivity contribution in [3.8, 4) is 0 Å². The summed E-state index contributed by atoms with van der Waals surface area (Å²) in [6, 6.07) is 7.79. The van der Waals surface area contributed by atoms with Crippen molar-refractivity contribution < 1.29 is 19.1 Å².